The Bertz CT molecular complexity index is 1050. The number of nitrogens with zero attached hydrogens (tertiary/aromatic N) is 1. The number of ether oxygens (including phenoxy) is 1. The second-order valence-corrected chi connectivity index (χ2v) is 7.93. The quantitative estimate of drug-likeness (QED) is 0.590. The largest absolute Gasteiger partial charge is 0.487 e. The molecule has 7 heteroatoms. The third kappa shape index (κ3) is 5.25. The van der Waals surface area contributed by atoms with Crippen LogP contribution in [0.15, 0.2) is 77.8 Å². The van der Waals surface area contributed by atoms with Crippen LogP contribution in [0.1, 0.15) is 28.5 Å². The summed E-state index contributed by atoms with van der Waals surface area (Å²) >= 11 is 0. The number of rotatable bonds is 8. The fourth-order valence-corrected chi connectivity index (χ4v) is 3.55. The van der Waals surface area contributed by atoms with Crippen LogP contribution in [0.5, 0.6) is 5.75 Å². The van der Waals surface area contributed by atoms with Gasteiger partial charge in [-0.05, 0) is 48.9 Å². The average molecular weight is 396 g/mol. The highest BCUT2D eigenvalue weighted by molar-refractivity contribution is 7.89. The molecule has 0 aliphatic heterocycles. The van der Waals surface area contributed by atoms with Gasteiger partial charge in [-0.2, -0.15) is 0 Å². The van der Waals surface area contributed by atoms with Crippen molar-refractivity contribution in [2.24, 2.45) is 0 Å². The van der Waals surface area contributed by atoms with E-state index in [0.29, 0.717) is 17.9 Å². The summed E-state index contributed by atoms with van der Waals surface area (Å²) < 4.78 is 33.1. The Balaban J connectivity index is 1.59. The summed E-state index contributed by atoms with van der Waals surface area (Å²) in [4.78, 5) is 15.7. The molecule has 0 amide bonds. The number of hydrogen-bond donors (Lipinski definition) is 1. The molecular weight excluding hydrogens is 376 g/mol. The SMILES string of the molecule is CC(=O)c1cccc(S(=O)(=O)NCc2ccc(OCc3ccccn3)cc2)c1. The Labute approximate surface area is 164 Å². The summed E-state index contributed by atoms with van der Waals surface area (Å²) in [5.41, 5.74) is 1.97. The van der Waals surface area contributed by atoms with Crippen molar-refractivity contribution < 1.29 is 17.9 Å². The summed E-state index contributed by atoms with van der Waals surface area (Å²) in [6.45, 7) is 1.89. The number of nitrogens with one attached hydrogen (secondary N) is 1. The molecule has 0 radical (unpaired) electrons. The average Bonchev–Trinajstić information content (AvgIpc) is 2.72. The van der Waals surface area contributed by atoms with Crippen LogP contribution in [0.2, 0.25) is 0 Å². The van der Waals surface area contributed by atoms with E-state index in [0.717, 1.165) is 11.3 Å². The third-order valence-electron chi connectivity index (χ3n) is 4.05. The molecule has 0 saturated heterocycles. The van der Waals surface area contributed by atoms with Gasteiger partial charge in [0.05, 0.1) is 10.6 Å². The highest BCUT2D eigenvalue weighted by atomic mass is 32.2. The van der Waals surface area contributed by atoms with E-state index in [1.165, 1.54) is 19.1 Å². The van der Waals surface area contributed by atoms with E-state index in [-0.39, 0.29) is 17.2 Å². The van der Waals surface area contributed by atoms with Crippen molar-refractivity contribution in [1.29, 1.82) is 0 Å². The van der Waals surface area contributed by atoms with Crippen LogP contribution in [0, 0.1) is 0 Å². The van der Waals surface area contributed by atoms with Crippen molar-refractivity contribution in [2.75, 3.05) is 0 Å². The molecule has 0 fully saturated rings. The minimum absolute atomic E-state index is 0.0653. The zero-order chi connectivity index (χ0) is 20.0. The van der Waals surface area contributed by atoms with E-state index in [1.54, 1.807) is 42.6 Å². The van der Waals surface area contributed by atoms with Gasteiger partial charge in [0.15, 0.2) is 5.78 Å². The summed E-state index contributed by atoms with van der Waals surface area (Å²) in [7, 11) is -3.71. The van der Waals surface area contributed by atoms with Crippen LogP contribution in [-0.2, 0) is 23.2 Å². The van der Waals surface area contributed by atoms with Gasteiger partial charge in [-0.25, -0.2) is 13.1 Å². The maximum absolute atomic E-state index is 12.5. The first-order valence-corrected chi connectivity index (χ1v) is 10.1. The molecular formula is C21H20N2O4S. The fourth-order valence-electron chi connectivity index (χ4n) is 2.49. The Hall–Kier alpha value is -3.03. The van der Waals surface area contributed by atoms with Crippen molar-refractivity contribution in [3.63, 3.8) is 0 Å². The zero-order valence-corrected chi connectivity index (χ0v) is 16.1. The lowest BCUT2D eigenvalue weighted by Crippen LogP contribution is -2.23. The van der Waals surface area contributed by atoms with E-state index in [4.69, 9.17) is 4.74 Å². The molecule has 6 nitrogen and oxygen atoms in total. The first-order valence-electron chi connectivity index (χ1n) is 8.66. The standard InChI is InChI=1S/C21H20N2O4S/c1-16(24)18-5-4-7-21(13-18)28(25,26)23-14-17-8-10-20(11-9-17)27-15-19-6-2-3-12-22-19/h2-13,23H,14-15H2,1H3. The molecule has 0 aliphatic rings. The van der Waals surface area contributed by atoms with Crippen molar-refractivity contribution in [3.05, 3.63) is 89.7 Å². The zero-order valence-electron chi connectivity index (χ0n) is 15.3. The molecule has 0 bridgehead atoms. The second kappa shape index (κ2) is 8.77. The predicted octanol–water partition coefficient (Wildman–Crippen LogP) is 3.34. The number of hydrogen-bond acceptors (Lipinski definition) is 5. The molecule has 0 unspecified atom stereocenters. The van der Waals surface area contributed by atoms with Gasteiger partial charge >= 0.3 is 0 Å². The van der Waals surface area contributed by atoms with E-state index in [1.807, 2.05) is 18.2 Å². The lowest BCUT2D eigenvalue weighted by atomic mass is 10.2. The van der Waals surface area contributed by atoms with Gasteiger partial charge in [0, 0.05) is 18.3 Å². The number of sulfonamides is 1. The molecule has 28 heavy (non-hydrogen) atoms. The highest BCUT2D eigenvalue weighted by Crippen LogP contribution is 2.16. The smallest absolute Gasteiger partial charge is 0.240 e. The number of pyridine rings is 1. The summed E-state index contributed by atoms with van der Waals surface area (Å²) in [6, 6.07) is 18.7. The molecule has 3 aromatic rings. The maximum Gasteiger partial charge on any atom is 0.240 e. The fraction of sp³-hybridized carbons (Fsp3) is 0.143. The molecule has 3 rings (SSSR count). The molecule has 0 saturated carbocycles. The Morgan fingerprint density at radius 3 is 2.50 bits per heavy atom. The van der Waals surface area contributed by atoms with E-state index in [9.17, 15) is 13.2 Å². The highest BCUT2D eigenvalue weighted by Gasteiger charge is 2.15. The maximum atomic E-state index is 12.5. The first-order chi connectivity index (χ1) is 13.4. The van der Waals surface area contributed by atoms with Crippen LogP contribution in [0.3, 0.4) is 0 Å². The minimum atomic E-state index is -3.71. The van der Waals surface area contributed by atoms with Gasteiger partial charge < -0.3 is 4.74 Å². The van der Waals surface area contributed by atoms with Gasteiger partial charge in [0.2, 0.25) is 10.0 Å². The van der Waals surface area contributed by atoms with E-state index >= 15 is 0 Å². The van der Waals surface area contributed by atoms with Gasteiger partial charge in [-0.15, -0.1) is 0 Å². The molecule has 0 spiro atoms. The minimum Gasteiger partial charge on any atom is -0.487 e. The number of carbonyl (C=O) groups is 1. The van der Waals surface area contributed by atoms with E-state index < -0.39 is 10.0 Å². The van der Waals surface area contributed by atoms with Crippen molar-refractivity contribution in [3.8, 4) is 5.75 Å². The van der Waals surface area contributed by atoms with Gasteiger partial charge in [0.1, 0.15) is 12.4 Å². The van der Waals surface area contributed by atoms with Gasteiger partial charge in [-0.1, -0.05) is 30.3 Å². The summed E-state index contributed by atoms with van der Waals surface area (Å²) in [5.74, 6) is 0.491. The van der Waals surface area contributed by atoms with Gasteiger partial charge in [-0.3, -0.25) is 9.78 Å². The predicted molar refractivity (Wildman–Crippen MR) is 105 cm³/mol. The van der Waals surface area contributed by atoms with Crippen molar-refractivity contribution in [2.45, 2.75) is 25.0 Å². The molecule has 1 aromatic heterocycles. The van der Waals surface area contributed by atoms with Crippen LogP contribution in [0.4, 0.5) is 0 Å². The number of benzene rings is 2. The lowest BCUT2D eigenvalue weighted by molar-refractivity contribution is 0.101. The Morgan fingerprint density at radius 2 is 1.82 bits per heavy atom. The third-order valence-corrected chi connectivity index (χ3v) is 5.45. The van der Waals surface area contributed by atoms with Crippen molar-refractivity contribution >= 4 is 15.8 Å². The Morgan fingerprint density at radius 1 is 1.04 bits per heavy atom. The normalized spacial score (nSPS) is 11.2. The molecule has 0 atom stereocenters. The second-order valence-electron chi connectivity index (χ2n) is 6.16. The molecule has 144 valence electrons. The number of ketones is 1. The van der Waals surface area contributed by atoms with Gasteiger partial charge in [0.25, 0.3) is 0 Å². The molecule has 2 aromatic carbocycles. The first kappa shape index (κ1) is 19.7. The van der Waals surface area contributed by atoms with E-state index in [2.05, 4.69) is 9.71 Å². The molecule has 1 heterocycles. The number of Topliss-reactive ketones (excluding diaryl/α,β-unsaturated/α-hetero) is 1. The monoisotopic (exact) mass is 396 g/mol. The number of carbonyl (C=O) groups excluding carboxylic acids is 1. The lowest BCUT2D eigenvalue weighted by Gasteiger charge is -2.09. The van der Waals surface area contributed by atoms with Crippen LogP contribution < -0.4 is 9.46 Å². The molecule has 1 N–H and O–H groups in total. The Kier molecular flexibility index (Phi) is 6.18. The molecule has 0 aliphatic carbocycles. The van der Waals surface area contributed by atoms with Crippen LogP contribution in [-0.4, -0.2) is 19.2 Å². The topological polar surface area (TPSA) is 85.4 Å². The summed E-state index contributed by atoms with van der Waals surface area (Å²) in [6.07, 6.45) is 1.71. The van der Waals surface area contributed by atoms with Crippen LogP contribution in [0.25, 0.3) is 0 Å². The van der Waals surface area contributed by atoms with Crippen molar-refractivity contribution in [1.82, 2.24) is 9.71 Å². The summed E-state index contributed by atoms with van der Waals surface area (Å²) in [5, 5.41) is 0. The number of aromatic nitrogens is 1. The van der Waals surface area contributed by atoms with Crippen LogP contribution >= 0.6 is 0 Å².